The molecule has 1 amide bonds. The monoisotopic (exact) mass is 590 g/mol. The molecule has 1 fully saturated rings. The molecule has 0 bridgehead atoms. The number of hydrogen-bond acceptors (Lipinski definition) is 9. The fourth-order valence-electron chi connectivity index (χ4n) is 5.07. The molecule has 0 atom stereocenters. The van der Waals surface area contributed by atoms with Crippen molar-refractivity contribution in [3.63, 3.8) is 0 Å². The summed E-state index contributed by atoms with van der Waals surface area (Å²) in [6.45, 7) is 10.3. The Morgan fingerprint density at radius 2 is 1.76 bits per heavy atom. The zero-order valence-corrected chi connectivity index (χ0v) is 25.9. The van der Waals surface area contributed by atoms with Crippen LogP contribution in [0.5, 0.6) is 0 Å². The van der Waals surface area contributed by atoms with Gasteiger partial charge in [-0.2, -0.15) is 0 Å². The molecule has 2 aliphatic heterocycles. The maximum atomic E-state index is 12.6. The molecule has 2 aromatic heterocycles. The number of pyridine rings is 1. The van der Waals surface area contributed by atoms with Gasteiger partial charge in [0.2, 0.25) is 0 Å². The molecule has 1 aromatic carbocycles. The molecule has 0 saturated carbocycles. The van der Waals surface area contributed by atoms with Crippen molar-refractivity contribution in [3.05, 3.63) is 64.8 Å². The smallest absolute Gasteiger partial charge is 0.410 e. The fraction of sp³-hybridized carbons (Fsp3) is 0.419. The number of imidazole rings is 1. The largest absolute Gasteiger partial charge is 0.465 e. The summed E-state index contributed by atoms with van der Waals surface area (Å²) in [5, 5.41) is 0. The van der Waals surface area contributed by atoms with Crippen molar-refractivity contribution in [3.8, 4) is 0 Å². The number of thioether (sulfide) groups is 1. The van der Waals surface area contributed by atoms with E-state index in [0.717, 1.165) is 40.7 Å². The molecule has 11 heteroatoms. The van der Waals surface area contributed by atoms with Crippen molar-refractivity contribution in [2.75, 3.05) is 55.9 Å². The predicted molar refractivity (Wildman–Crippen MR) is 168 cm³/mol. The van der Waals surface area contributed by atoms with Gasteiger partial charge in [-0.15, -0.1) is 11.8 Å². The third-order valence-corrected chi connectivity index (χ3v) is 8.25. The summed E-state index contributed by atoms with van der Waals surface area (Å²) in [6.07, 6.45) is 2.59. The average molecular weight is 591 g/mol. The molecular weight excluding hydrogens is 552 g/mol. The van der Waals surface area contributed by atoms with Crippen LogP contribution in [0.25, 0.3) is 11.3 Å². The molecule has 0 N–H and O–H groups in total. The van der Waals surface area contributed by atoms with Gasteiger partial charge in [0.25, 0.3) is 0 Å². The SMILES string of the molecule is CCc1nc2ccc(N3CCN(C(=O)OC(C)(C)C)CC3)cn2c1N(C)C1=NC(c2ccccc2)=C(C(=O)OC)SC1. The number of fused-ring (bicyclic) bond motifs is 1. The number of nitrogens with zero attached hydrogens (tertiary/aromatic N) is 6. The van der Waals surface area contributed by atoms with Gasteiger partial charge < -0.3 is 24.2 Å². The summed E-state index contributed by atoms with van der Waals surface area (Å²) in [5.74, 6) is 1.89. The first-order chi connectivity index (χ1) is 20.1. The van der Waals surface area contributed by atoms with Gasteiger partial charge in [-0.25, -0.2) is 19.6 Å². The Balaban J connectivity index is 1.45. The van der Waals surface area contributed by atoms with E-state index in [2.05, 4.69) is 33.4 Å². The van der Waals surface area contributed by atoms with Crippen molar-refractivity contribution in [1.82, 2.24) is 14.3 Å². The molecule has 0 radical (unpaired) electrons. The number of methoxy groups -OCH3 is 1. The number of carbonyl (C=O) groups excluding carboxylic acids is 2. The second-order valence-corrected chi connectivity index (χ2v) is 12.2. The first-order valence-corrected chi connectivity index (χ1v) is 15.1. The molecule has 3 aromatic rings. The highest BCUT2D eigenvalue weighted by molar-refractivity contribution is 8.04. The van der Waals surface area contributed by atoms with Crippen LogP contribution in [0.15, 0.2) is 58.6 Å². The molecule has 0 unspecified atom stereocenters. The van der Waals surface area contributed by atoms with Gasteiger partial charge in [-0.1, -0.05) is 37.3 Å². The number of amidine groups is 1. The summed E-state index contributed by atoms with van der Waals surface area (Å²) < 4.78 is 12.7. The number of anilines is 2. The summed E-state index contributed by atoms with van der Waals surface area (Å²) >= 11 is 1.44. The highest BCUT2D eigenvalue weighted by atomic mass is 32.2. The Kier molecular flexibility index (Phi) is 8.49. The topological polar surface area (TPSA) is 92.0 Å². The number of amides is 1. The molecular formula is C31H38N6O4S. The molecule has 4 heterocycles. The minimum absolute atomic E-state index is 0.269. The second-order valence-electron chi connectivity index (χ2n) is 11.2. The highest BCUT2D eigenvalue weighted by Crippen LogP contribution is 2.35. The van der Waals surface area contributed by atoms with E-state index < -0.39 is 5.60 Å². The number of carbonyl (C=O) groups is 2. The van der Waals surface area contributed by atoms with Crippen LogP contribution in [-0.4, -0.2) is 83.9 Å². The molecule has 10 nitrogen and oxygen atoms in total. The van der Waals surface area contributed by atoms with E-state index in [4.69, 9.17) is 19.5 Å². The van der Waals surface area contributed by atoms with Gasteiger partial charge in [0.1, 0.15) is 27.8 Å². The first-order valence-electron chi connectivity index (χ1n) is 14.2. The van der Waals surface area contributed by atoms with E-state index in [1.54, 1.807) is 4.90 Å². The molecule has 2 aliphatic rings. The number of aryl methyl sites for hydroxylation is 1. The third kappa shape index (κ3) is 6.11. The van der Waals surface area contributed by atoms with Crippen LogP contribution in [-0.2, 0) is 20.7 Å². The van der Waals surface area contributed by atoms with Crippen LogP contribution in [0.4, 0.5) is 16.3 Å². The maximum absolute atomic E-state index is 12.6. The Morgan fingerprint density at radius 3 is 2.40 bits per heavy atom. The first kappa shape index (κ1) is 29.5. The van der Waals surface area contributed by atoms with Crippen LogP contribution >= 0.6 is 11.8 Å². The van der Waals surface area contributed by atoms with E-state index in [1.165, 1.54) is 18.9 Å². The van der Waals surface area contributed by atoms with E-state index in [9.17, 15) is 9.59 Å². The lowest BCUT2D eigenvalue weighted by atomic mass is 10.1. The molecule has 0 spiro atoms. The van der Waals surface area contributed by atoms with E-state index in [0.29, 0.717) is 42.5 Å². The van der Waals surface area contributed by atoms with Crippen molar-refractivity contribution < 1.29 is 19.1 Å². The van der Waals surface area contributed by atoms with Gasteiger partial charge in [0.05, 0.1) is 29.9 Å². The van der Waals surface area contributed by atoms with Gasteiger partial charge in [-0.3, -0.25) is 4.40 Å². The average Bonchev–Trinajstić information content (AvgIpc) is 3.37. The zero-order chi connectivity index (χ0) is 30.0. The summed E-state index contributed by atoms with van der Waals surface area (Å²) in [5.41, 5.74) is 3.82. The van der Waals surface area contributed by atoms with Crippen LogP contribution in [0.1, 0.15) is 39.0 Å². The fourth-order valence-corrected chi connectivity index (χ4v) is 6.11. The minimum atomic E-state index is -0.514. The van der Waals surface area contributed by atoms with Gasteiger partial charge in [-0.05, 0) is 39.3 Å². The summed E-state index contributed by atoms with van der Waals surface area (Å²) in [4.78, 5) is 41.7. The number of aliphatic imine (C=N–C) groups is 1. The highest BCUT2D eigenvalue weighted by Gasteiger charge is 2.29. The van der Waals surface area contributed by atoms with E-state index in [-0.39, 0.29) is 12.1 Å². The van der Waals surface area contributed by atoms with Crippen LogP contribution in [0, 0.1) is 0 Å². The summed E-state index contributed by atoms with van der Waals surface area (Å²) in [7, 11) is 3.39. The standard InChI is InChI=1S/C31H38N6O4S/c1-7-23-28(34(5)25-20-42-27(29(38)40-6)26(33-25)21-11-9-8-10-12-21)37-19-22(13-14-24(37)32-23)35-15-17-36(18-16-35)30(39)41-31(2,3)4/h8-14,19H,7,15-18,20H2,1-6H3. The Labute approximate surface area is 251 Å². The molecule has 0 aliphatic carbocycles. The lowest BCUT2D eigenvalue weighted by molar-refractivity contribution is -0.135. The molecule has 5 rings (SSSR count). The number of aromatic nitrogens is 2. The van der Waals surface area contributed by atoms with Crippen molar-refractivity contribution in [1.29, 1.82) is 0 Å². The van der Waals surface area contributed by atoms with Crippen LogP contribution in [0.2, 0.25) is 0 Å². The van der Waals surface area contributed by atoms with Gasteiger partial charge >= 0.3 is 12.1 Å². The zero-order valence-electron chi connectivity index (χ0n) is 25.1. The predicted octanol–water partition coefficient (Wildman–Crippen LogP) is 5.08. The lowest BCUT2D eigenvalue weighted by Gasteiger charge is -2.36. The molecule has 1 saturated heterocycles. The van der Waals surface area contributed by atoms with Crippen molar-refractivity contribution >= 4 is 52.5 Å². The number of ether oxygens (including phenoxy) is 2. The Morgan fingerprint density at radius 1 is 1.05 bits per heavy atom. The second kappa shape index (κ2) is 12.1. The Bertz CT molecular complexity index is 1530. The lowest BCUT2D eigenvalue weighted by Crippen LogP contribution is -2.50. The van der Waals surface area contributed by atoms with Gasteiger partial charge in [0.15, 0.2) is 0 Å². The van der Waals surface area contributed by atoms with Crippen LogP contribution in [0.3, 0.4) is 0 Å². The van der Waals surface area contributed by atoms with E-state index in [1.807, 2.05) is 64.2 Å². The normalized spacial score (nSPS) is 16.0. The maximum Gasteiger partial charge on any atom is 0.410 e. The number of rotatable bonds is 5. The van der Waals surface area contributed by atoms with Crippen molar-refractivity contribution in [2.24, 2.45) is 4.99 Å². The minimum Gasteiger partial charge on any atom is -0.465 e. The van der Waals surface area contributed by atoms with E-state index >= 15 is 0 Å². The molecule has 222 valence electrons. The Hall–Kier alpha value is -3.99. The summed E-state index contributed by atoms with van der Waals surface area (Å²) in [6, 6.07) is 13.8. The number of piperazine rings is 1. The molecule has 42 heavy (non-hydrogen) atoms. The number of benzene rings is 1. The quantitative estimate of drug-likeness (QED) is 0.380. The third-order valence-electron chi connectivity index (χ3n) is 7.20. The van der Waals surface area contributed by atoms with Crippen molar-refractivity contribution in [2.45, 2.75) is 39.7 Å². The number of esters is 1. The van der Waals surface area contributed by atoms with Crippen LogP contribution < -0.4 is 9.80 Å². The number of hydrogen-bond donors (Lipinski definition) is 0. The van der Waals surface area contributed by atoms with Gasteiger partial charge in [0, 0.05) is 45.0 Å².